The monoisotopic (exact) mass is 324 g/mol. The molecule has 7 nitrogen and oxygen atoms in total. The van der Waals surface area contributed by atoms with Gasteiger partial charge in [-0.1, -0.05) is 44.6 Å². The highest BCUT2D eigenvalue weighted by Crippen LogP contribution is 2.11. The van der Waals surface area contributed by atoms with Gasteiger partial charge in [-0.25, -0.2) is 0 Å². The van der Waals surface area contributed by atoms with Gasteiger partial charge in [-0.2, -0.15) is 0 Å². The van der Waals surface area contributed by atoms with Crippen LogP contribution in [0.4, 0.5) is 0 Å². The molecule has 0 saturated heterocycles. The van der Waals surface area contributed by atoms with E-state index >= 15 is 0 Å². The lowest BCUT2D eigenvalue weighted by molar-refractivity contribution is -0.0328. The van der Waals surface area contributed by atoms with Gasteiger partial charge < -0.3 is 35.7 Å². The van der Waals surface area contributed by atoms with E-state index in [1.165, 1.54) is 0 Å². The van der Waals surface area contributed by atoms with Crippen molar-refractivity contribution >= 4 is 0 Å². The first-order valence-electron chi connectivity index (χ1n) is 4.39. The van der Waals surface area contributed by atoms with Crippen LogP contribution in [0, 0.1) is 5.41 Å². The fourth-order valence-corrected chi connectivity index (χ4v) is 0.358. The van der Waals surface area contributed by atoms with Crippen molar-refractivity contribution in [2.24, 2.45) is 5.41 Å². The Hall–Kier alpha value is -0.280. The average Bonchev–Trinajstić information content (AvgIpc) is 2.32. The fraction of sp³-hybridized carbons (Fsp3) is 1.00. The molecule has 7 N–H and O–H groups in total. The Morgan fingerprint density at radius 3 is 0.714 bits per heavy atom. The molecule has 0 bridgehead atoms. The minimum absolute atomic E-state index is 0. The summed E-state index contributed by atoms with van der Waals surface area (Å²) in [6.07, 6.45) is -0.954. The van der Waals surface area contributed by atoms with E-state index in [4.69, 9.17) is 35.7 Å². The van der Waals surface area contributed by atoms with E-state index < -0.39 is 37.9 Å². The number of hydrogen-bond donors (Lipinski definition) is 7. The molecule has 0 aliphatic carbocycles. The van der Waals surface area contributed by atoms with Gasteiger partial charge in [0, 0.05) is 0 Å². The average molecular weight is 324 g/mol. The first kappa shape index (κ1) is 49.8. The van der Waals surface area contributed by atoms with Crippen molar-refractivity contribution in [1.82, 2.24) is 0 Å². The summed E-state index contributed by atoms with van der Waals surface area (Å²) in [4.78, 5) is 0. The van der Waals surface area contributed by atoms with Crippen LogP contribution in [-0.4, -0.2) is 81.5 Å². The van der Waals surface area contributed by atoms with E-state index in [-0.39, 0.29) is 57.8 Å². The Balaban J connectivity index is -0.0000000217. The number of rotatable bonds is 6. The van der Waals surface area contributed by atoms with Crippen molar-refractivity contribution in [3.63, 3.8) is 0 Å². The lowest BCUT2D eigenvalue weighted by Crippen LogP contribution is -2.37. The summed E-state index contributed by atoms with van der Waals surface area (Å²) in [6.45, 7) is -2.35. The zero-order chi connectivity index (χ0) is 12.3. The highest BCUT2D eigenvalue weighted by Gasteiger charge is 2.26. The molecule has 21 heavy (non-hydrogen) atoms. The van der Waals surface area contributed by atoms with Gasteiger partial charge in [-0.15, -0.1) is 0 Å². The van der Waals surface area contributed by atoms with Gasteiger partial charge in [-0.3, -0.25) is 0 Å². The Bertz CT molecular complexity index is 109. The van der Waals surface area contributed by atoms with Crippen molar-refractivity contribution in [3.05, 3.63) is 0 Å². The molecule has 0 saturated carbocycles. The van der Waals surface area contributed by atoms with Gasteiger partial charge in [0.15, 0.2) is 0 Å². The summed E-state index contributed by atoms with van der Waals surface area (Å²) in [6, 6.07) is 0. The van der Waals surface area contributed by atoms with Crippen LogP contribution in [0.1, 0.15) is 44.6 Å². The second-order valence-electron chi connectivity index (χ2n) is 3.15. The predicted molar refractivity (Wildman–Crippen MR) is 91.3 cm³/mol. The minimum atomic E-state index is -1.11. The lowest BCUT2D eigenvalue weighted by atomic mass is 9.93. The Labute approximate surface area is 132 Å². The van der Waals surface area contributed by atoms with Crippen LogP contribution in [0.2, 0.25) is 0 Å². The Kier molecular flexibility index (Phi) is 75.6. The summed E-state index contributed by atoms with van der Waals surface area (Å²) in [5.41, 5.74) is -1.11. The number of aliphatic hydroxyl groups excluding tert-OH is 7. The van der Waals surface area contributed by atoms with Crippen LogP contribution in [0.3, 0.4) is 0 Å². The van der Waals surface area contributed by atoms with E-state index in [2.05, 4.69) is 0 Å². The molecule has 0 heterocycles. The van der Waals surface area contributed by atoms with Crippen molar-refractivity contribution in [2.45, 2.75) is 50.7 Å². The minimum Gasteiger partial charge on any atom is -0.396 e. The van der Waals surface area contributed by atoms with Crippen molar-refractivity contribution in [1.29, 1.82) is 0 Å². The highest BCUT2D eigenvalue weighted by atomic mass is 16.3. The van der Waals surface area contributed by atoms with E-state index in [1.54, 1.807) is 0 Å². The second-order valence-corrected chi connectivity index (χ2v) is 3.15. The molecule has 0 atom stereocenters. The molecular formula is C14H44O7. The van der Waals surface area contributed by atoms with Gasteiger partial charge in [0.1, 0.15) is 6.10 Å². The maximum atomic E-state index is 8.50. The fourth-order valence-electron chi connectivity index (χ4n) is 0.358. The van der Waals surface area contributed by atoms with Crippen molar-refractivity contribution in [2.75, 3.05) is 39.6 Å². The third-order valence-electron chi connectivity index (χ3n) is 1.76. The van der Waals surface area contributed by atoms with Gasteiger partial charge in [0.25, 0.3) is 0 Å². The normalized spacial score (nSPS) is 8.00. The summed E-state index contributed by atoms with van der Waals surface area (Å²) < 4.78 is 0. The molecule has 0 aromatic carbocycles. The van der Waals surface area contributed by atoms with Gasteiger partial charge >= 0.3 is 0 Å². The molecular weight excluding hydrogens is 280 g/mol. The second kappa shape index (κ2) is 31.9. The molecule has 0 unspecified atom stereocenters. The molecule has 0 rings (SSSR count). The predicted octanol–water partition coefficient (Wildman–Crippen LogP) is 0.0905. The van der Waals surface area contributed by atoms with E-state index in [0.29, 0.717) is 0 Å². The van der Waals surface area contributed by atoms with Crippen molar-refractivity contribution in [3.8, 4) is 0 Å². The molecule has 142 valence electrons. The quantitative estimate of drug-likeness (QED) is 0.367. The molecule has 0 amide bonds. The number of aliphatic hydroxyl groups is 7. The van der Waals surface area contributed by atoms with Crippen LogP contribution in [0.25, 0.3) is 0 Å². The summed E-state index contributed by atoms with van der Waals surface area (Å²) in [5, 5.41) is 58.0. The largest absolute Gasteiger partial charge is 0.396 e. The maximum Gasteiger partial charge on any atom is 0.100 e. The summed E-state index contributed by atoms with van der Waals surface area (Å²) in [5.74, 6) is 0. The zero-order valence-corrected chi connectivity index (χ0v) is 8.45. The van der Waals surface area contributed by atoms with Crippen LogP contribution in [0.5, 0.6) is 0 Å². The molecule has 0 aliphatic rings. The smallest absolute Gasteiger partial charge is 0.100 e. The summed E-state index contributed by atoms with van der Waals surface area (Å²) >= 11 is 0. The SMILES string of the molecule is C.C.C.C.C.C.OCC(CO)(CO)CO.OCC(O)CO. The zero-order valence-electron chi connectivity index (χ0n) is 8.45. The van der Waals surface area contributed by atoms with Crippen molar-refractivity contribution < 1.29 is 35.7 Å². The van der Waals surface area contributed by atoms with Gasteiger partial charge in [0.05, 0.1) is 45.1 Å². The van der Waals surface area contributed by atoms with Gasteiger partial charge in [-0.05, 0) is 0 Å². The third kappa shape index (κ3) is 25.1. The van der Waals surface area contributed by atoms with Gasteiger partial charge in [0.2, 0.25) is 0 Å². The topological polar surface area (TPSA) is 142 Å². The first-order valence-corrected chi connectivity index (χ1v) is 4.39. The Morgan fingerprint density at radius 1 is 0.524 bits per heavy atom. The molecule has 0 radical (unpaired) electrons. The first-order chi connectivity index (χ1) is 7.05. The highest BCUT2D eigenvalue weighted by molar-refractivity contribution is 4.74. The van der Waals surface area contributed by atoms with E-state index in [0.717, 1.165) is 0 Å². The van der Waals surface area contributed by atoms with Crippen LogP contribution >= 0.6 is 0 Å². The van der Waals surface area contributed by atoms with Crippen LogP contribution in [-0.2, 0) is 0 Å². The van der Waals surface area contributed by atoms with E-state index in [1.807, 2.05) is 0 Å². The number of hydrogen-bond acceptors (Lipinski definition) is 7. The van der Waals surface area contributed by atoms with E-state index in [9.17, 15) is 0 Å². The molecule has 0 spiro atoms. The summed E-state index contributed by atoms with van der Waals surface area (Å²) in [7, 11) is 0. The standard InChI is InChI=1S/C5H12O4.C3H8O3.6CH4/c6-1-5(2-7,3-8)4-9;4-1-3(6)2-5;;;;;;/h6-9H,1-4H2;3-6H,1-2H2;6*1H4. The van der Waals surface area contributed by atoms with Crippen LogP contribution < -0.4 is 0 Å². The molecule has 0 fully saturated rings. The lowest BCUT2D eigenvalue weighted by Gasteiger charge is -2.23. The molecule has 0 aliphatic heterocycles. The molecule has 0 aromatic rings. The van der Waals surface area contributed by atoms with Crippen LogP contribution in [0.15, 0.2) is 0 Å². The molecule has 0 aromatic heterocycles. The maximum absolute atomic E-state index is 8.50. The third-order valence-corrected chi connectivity index (χ3v) is 1.76. The molecule has 7 heteroatoms. The Morgan fingerprint density at radius 2 is 0.714 bits per heavy atom.